The Bertz CT molecular complexity index is 193. The highest BCUT2D eigenvalue weighted by atomic mass is 16.5. The van der Waals surface area contributed by atoms with Gasteiger partial charge in [-0.05, 0) is 0 Å². The molecular weight excluding hydrogens is 120 g/mol. The van der Waals surface area contributed by atoms with Gasteiger partial charge < -0.3 is 9.84 Å². The van der Waals surface area contributed by atoms with Gasteiger partial charge in [0.15, 0.2) is 0 Å². The Balaban J connectivity index is 2.58. The summed E-state index contributed by atoms with van der Waals surface area (Å²) in [6, 6.07) is 0. The molecule has 0 saturated heterocycles. The van der Waals surface area contributed by atoms with Crippen molar-refractivity contribution in [1.82, 2.24) is 5.16 Å². The normalized spacial score (nSPS) is 9.00. The topological polar surface area (TPSA) is 55.1 Å². The van der Waals surface area contributed by atoms with Crippen molar-refractivity contribution in [2.75, 3.05) is 5.32 Å². The van der Waals surface area contributed by atoms with Crippen LogP contribution >= 0.6 is 0 Å². The number of carbonyl (C=O) groups excluding carboxylic acids is 1. The predicted molar refractivity (Wildman–Crippen MR) is 30.8 cm³/mol. The van der Waals surface area contributed by atoms with Gasteiger partial charge >= 0.3 is 0 Å². The summed E-state index contributed by atoms with van der Waals surface area (Å²) in [6.45, 7) is 1.42. The zero-order valence-electron chi connectivity index (χ0n) is 4.92. The molecular formula is C5H6N2O2. The Kier molecular flexibility index (Phi) is 1.48. The van der Waals surface area contributed by atoms with Crippen molar-refractivity contribution in [3.63, 3.8) is 0 Å². The summed E-state index contributed by atoms with van der Waals surface area (Å²) >= 11 is 0. The molecule has 0 unspecified atom stereocenters. The van der Waals surface area contributed by atoms with Crippen molar-refractivity contribution in [3.8, 4) is 0 Å². The zero-order valence-corrected chi connectivity index (χ0v) is 4.92. The molecule has 0 saturated carbocycles. The van der Waals surface area contributed by atoms with Gasteiger partial charge in [0.25, 0.3) is 0 Å². The minimum atomic E-state index is -0.127. The van der Waals surface area contributed by atoms with Crippen molar-refractivity contribution in [1.29, 1.82) is 0 Å². The number of rotatable bonds is 1. The molecule has 0 spiro atoms. The van der Waals surface area contributed by atoms with Gasteiger partial charge in [0.2, 0.25) is 5.91 Å². The number of nitrogens with one attached hydrogen (secondary N) is 1. The minimum absolute atomic E-state index is 0.127. The average molecular weight is 126 g/mol. The molecule has 9 heavy (non-hydrogen) atoms. The first-order chi connectivity index (χ1) is 4.29. The van der Waals surface area contributed by atoms with Crippen LogP contribution in [-0.4, -0.2) is 11.1 Å². The van der Waals surface area contributed by atoms with Crippen molar-refractivity contribution in [2.45, 2.75) is 6.92 Å². The quantitative estimate of drug-likeness (QED) is 0.600. The second-order valence-corrected chi connectivity index (χ2v) is 1.59. The fraction of sp³-hybridized carbons (Fsp3) is 0.200. The molecule has 0 aliphatic carbocycles. The number of anilines is 1. The Labute approximate surface area is 51.8 Å². The molecule has 4 heteroatoms. The fourth-order valence-corrected chi connectivity index (χ4v) is 0.470. The smallest absolute Gasteiger partial charge is 0.221 e. The lowest BCUT2D eigenvalue weighted by atomic mass is 10.5. The van der Waals surface area contributed by atoms with Crippen LogP contribution in [0.2, 0.25) is 0 Å². The highest BCUT2D eigenvalue weighted by Crippen LogP contribution is 2.01. The number of hydrogen-bond acceptors (Lipinski definition) is 3. The molecule has 0 aromatic carbocycles. The Morgan fingerprint density at radius 3 is 3.11 bits per heavy atom. The molecule has 1 aromatic rings. The van der Waals surface area contributed by atoms with Crippen LogP contribution in [0, 0.1) is 0 Å². The number of hydrogen-bond donors (Lipinski definition) is 1. The van der Waals surface area contributed by atoms with E-state index in [0.717, 1.165) is 0 Å². The molecule has 48 valence electrons. The molecule has 4 nitrogen and oxygen atoms in total. The first kappa shape index (κ1) is 5.81. The van der Waals surface area contributed by atoms with E-state index in [2.05, 4.69) is 15.0 Å². The van der Waals surface area contributed by atoms with Crippen LogP contribution in [0.15, 0.2) is 17.0 Å². The predicted octanol–water partition coefficient (Wildman–Crippen LogP) is 0.633. The largest absolute Gasteiger partial charge is 0.363 e. The van der Waals surface area contributed by atoms with Crippen LogP contribution in [0.25, 0.3) is 0 Å². The highest BCUT2D eigenvalue weighted by Gasteiger charge is 1.94. The van der Waals surface area contributed by atoms with Gasteiger partial charge in [0.05, 0.1) is 6.20 Å². The van der Waals surface area contributed by atoms with E-state index in [-0.39, 0.29) is 5.91 Å². The van der Waals surface area contributed by atoms with Gasteiger partial charge in [0, 0.05) is 6.92 Å². The van der Waals surface area contributed by atoms with Crippen molar-refractivity contribution < 1.29 is 9.32 Å². The van der Waals surface area contributed by atoms with E-state index in [1.54, 1.807) is 0 Å². The molecule has 0 bridgehead atoms. The first-order valence-corrected chi connectivity index (χ1v) is 2.46. The van der Waals surface area contributed by atoms with Crippen LogP contribution in [0.5, 0.6) is 0 Å². The summed E-state index contributed by atoms with van der Waals surface area (Å²) in [5.74, 6) is -0.127. The van der Waals surface area contributed by atoms with E-state index in [9.17, 15) is 4.79 Å². The molecule has 1 N–H and O–H groups in total. The molecule has 0 radical (unpaired) electrons. The molecule has 0 atom stereocenters. The molecule has 0 fully saturated rings. The van der Waals surface area contributed by atoms with Gasteiger partial charge in [-0.1, -0.05) is 5.16 Å². The lowest BCUT2D eigenvalue weighted by Gasteiger charge is -1.90. The van der Waals surface area contributed by atoms with Gasteiger partial charge in [-0.15, -0.1) is 0 Å². The standard InChI is InChI=1S/C5H6N2O2/c1-4(8)7-5-2-6-9-3-5/h2-3H,1H3,(H,7,8). The van der Waals surface area contributed by atoms with Crippen LogP contribution in [0.4, 0.5) is 5.69 Å². The Morgan fingerprint density at radius 2 is 2.67 bits per heavy atom. The minimum Gasteiger partial charge on any atom is -0.363 e. The Hall–Kier alpha value is -1.32. The van der Waals surface area contributed by atoms with E-state index in [1.807, 2.05) is 0 Å². The van der Waals surface area contributed by atoms with E-state index in [1.165, 1.54) is 19.4 Å². The second-order valence-electron chi connectivity index (χ2n) is 1.59. The fourth-order valence-electron chi connectivity index (χ4n) is 0.470. The summed E-state index contributed by atoms with van der Waals surface area (Å²) in [5, 5.41) is 5.88. The van der Waals surface area contributed by atoms with Crippen molar-refractivity contribution in [2.24, 2.45) is 0 Å². The van der Waals surface area contributed by atoms with E-state index in [0.29, 0.717) is 5.69 Å². The van der Waals surface area contributed by atoms with Crippen LogP contribution < -0.4 is 5.32 Å². The summed E-state index contributed by atoms with van der Waals surface area (Å²) in [6.07, 6.45) is 2.79. The summed E-state index contributed by atoms with van der Waals surface area (Å²) in [7, 11) is 0. The molecule has 0 aliphatic heterocycles. The maximum absolute atomic E-state index is 10.3. The summed E-state index contributed by atoms with van der Waals surface area (Å²) in [5.41, 5.74) is 0.586. The molecule has 1 amide bonds. The number of carbonyl (C=O) groups is 1. The van der Waals surface area contributed by atoms with Crippen LogP contribution in [0.3, 0.4) is 0 Å². The van der Waals surface area contributed by atoms with Crippen LogP contribution in [-0.2, 0) is 4.79 Å². The average Bonchev–Trinajstić information content (AvgIpc) is 2.15. The highest BCUT2D eigenvalue weighted by molar-refractivity contribution is 5.88. The molecule has 1 heterocycles. The maximum Gasteiger partial charge on any atom is 0.221 e. The zero-order chi connectivity index (χ0) is 6.69. The number of nitrogens with zero attached hydrogens (tertiary/aromatic N) is 1. The number of aromatic nitrogens is 1. The van der Waals surface area contributed by atoms with Crippen molar-refractivity contribution >= 4 is 11.6 Å². The van der Waals surface area contributed by atoms with Crippen molar-refractivity contribution in [3.05, 3.63) is 12.5 Å². The summed E-state index contributed by atoms with van der Waals surface area (Å²) < 4.78 is 4.45. The van der Waals surface area contributed by atoms with Gasteiger partial charge in [0.1, 0.15) is 12.0 Å². The SMILES string of the molecule is CC(=O)Nc1cnoc1. The van der Waals surface area contributed by atoms with Crippen LogP contribution in [0.1, 0.15) is 6.92 Å². The van der Waals surface area contributed by atoms with E-state index in [4.69, 9.17) is 0 Å². The van der Waals surface area contributed by atoms with Gasteiger partial charge in [-0.2, -0.15) is 0 Å². The first-order valence-electron chi connectivity index (χ1n) is 2.46. The third-order valence-electron chi connectivity index (χ3n) is 0.753. The van der Waals surface area contributed by atoms with Gasteiger partial charge in [-0.25, -0.2) is 0 Å². The Morgan fingerprint density at radius 1 is 1.89 bits per heavy atom. The third kappa shape index (κ3) is 1.56. The van der Waals surface area contributed by atoms with E-state index < -0.39 is 0 Å². The monoisotopic (exact) mass is 126 g/mol. The maximum atomic E-state index is 10.3. The molecule has 1 aromatic heterocycles. The number of amides is 1. The third-order valence-corrected chi connectivity index (χ3v) is 0.753. The molecule has 0 aliphatic rings. The lowest BCUT2D eigenvalue weighted by molar-refractivity contribution is -0.114. The second kappa shape index (κ2) is 2.30. The van der Waals surface area contributed by atoms with Gasteiger partial charge in [-0.3, -0.25) is 4.79 Å². The molecule has 1 rings (SSSR count). The summed E-state index contributed by atoms with van der Waals surface area (Å²) in [4.78, 5) is 10.3. The lowest BCUT2D eigenvalue weighted by Crippen LogP contribution is -2.04. The van der Waals surface area contributed by atoms with E-state index >= 15 is 0 Å².